The minimum Gasteiger partial charge on any atom is -0.309 e. The summed E-state index contributed by atoms with van der Waals surface area (Å²) in [6.07, 6.45) is 0. The molecule has 0 N–H and O–H groups in total. The standard InChI is InChI=1S/C45H29N5/c1-5-17-30(18-6-1)36-29-37-34-25-13-15-27-38(34)50(42(37)40-35-26-14-16-28-39(35)49(41(36)40)33-23-11-4-12-24-33)45-47-43(31-19-7-2-8-20-31)46-44(48-45)32-21-9-3-10-22-32/h1-29H. The molecule has 0 atom stereocenters. The third-order valence-corrected chi connectivity index (χ3v) is 9.56. The Hall–Kier alpha value is -6.85. The van der Waals surface area contributed by atoms with E-state index in [0.29, 0.717) is 17.6 Å². The van der Waals surface area contributed by atoms with Crippen LogP contribution in [0.2, 0.25) is 0 Å². The second-order valence-corrected chi connectivity index (χ2v) is 12.5. The summed E-state index contributed by atoms with van der Waals surface area (Å²) >= 11 is 0. The molecular weight excluding hydrogens is 611 g/mol. The zero-order valence-corrected chi connectivity index (χ0v) is 27.0. The van der Waals surface area contributed by atoms with E-state index in [2.05, 4.69) is 149 Å². The normalized spacial score (nSPS) is 11.6. The lowest BCUT2D eigenvalue weighted by Gasteiger charge is -2.14. The molecule has 7 aromatic carbocycles. The first-order valence-corrected chi connectivity index (χ1v) is 16.8. The van der Waals surface area contributed by atoms with E-state index in [4.69, 9.17) is 15.0 Å². The van der Waals surface area contributed by atoms with Crippen LogP contribution in [0.4, 0.5) is 0 Å². The van der Waals surface area contributed by atoms with Crippen LogP contribution in [0.1, 0.15) is 0 Å². The molecule has 0 saturated heterocycles. The summed E-state index contributed by atoms with van der Waals surface area (Å²) in [5, 5.41) is 4.60. The Morgan fingerprint density at radius 2 is 0.840 bits per heavy atom. The van der Waals surface area contributed by atoms with E-state index in [9.17, 15) is 0 Å². The molecule has 0 fully saturated rings. The average Bonchev–Trinajstić information content (AvgIpc) is 3.72. The lowest BCUT2D eigenvalue weighted by Crippen LogP contribution is -2.06. The van der Waals surface area contributed by atoms with Crippen molar-refractivity contribution in [2.75, 3.05) is 0 Å². The van der Waals surface area contributed by atoms with Gasteiger partial charge in [0, 0.05) is 43.9 Å². The molecule has 0 spiro atoms. The average molecular weight is 640 g/mol. The van der Waals surface area contributed by atoms with Crippen LogP contribution in [-0.4, -0.2) is 24.1 Å². The van der Waals surface area contributed by atoms with Gasteiger partial charge in [-0.3, -0.25) is 4.57 Å². The maximum Gasteiger partial charge on any atom is 0.238 e. The first-order valence-electron chi connectivity index (χ1n) is 16.8. The van der Waals surface area contributed by atoms with Gasteiger partial charge < -0.3 is 4.57 Å². The van der Waals surface area contributed by atoms with E-state index in [1.807, 2.05) is 36.4 Å². The highest BCUT2D eigenvalue weighted by Crippen LogP contribution is 2.46. The number of hydrogen-bond acceptors (Lipinski definition) is 3. The van der Waals surface area contributed by atoms with Crippen molar-refractivity contribution in [3.63, 3.8) is 0 Å². The molecular formula is C45H29N5. The maximum absolute atomic E-state index is 5.24. The molecule has 5 nitrogen and oxygen atoms in total. The molecule has 0 amide bonds. The Kier molecular flexibility index (Phi) is 6.42. The third-order valence-electron chi connectivity index (χ3n) is 9.56. The van der Waals surface area contributed by atoms with Crippen LogP contribution in [-0.2, 0) is 0 Å². The van der Waals surface area contributed by atoms with Crippen molar-refractivity contribution < 1.29 is 0 Å². The first-order chi connectivity index (χ1) is 24.8. The number of fused-ring (bicyclic) bond motifs is 7. The zero-order chi connectivity index (χ0) is 33.0. The van der Waals surface area contributed by atoms with E-state index in [-0.39, 0.29) is 0 Å². The first kappa shape index (κ1) is 28.2. The minimum atomic E-state index is 0.578. The zero-order valence-electron chi connectivity index (χ0n) is 27.0. The van der Waals surface area contributed by atoms with Crippen LogP contribution in [0.3, 0.4) is 0 Å². The maximum atomic E-state index is 5.24. The van der Waals surface area contributed by atoms with Crippen LogP contribution in [0, 0.1) is 0 Å². The molecule has 3 aromatic heterocycles. The van der Waals surface area contributed by atoms with Gasteiger partial charge in [0.15, 0.2) is 11.6 Å². The second-order valence-electron chi connectivity index (χ2n) is 12.5. The van der Waals surface area contributed by atoms with Gasteiger partial charge in [-0.25, -0.2) is 4.98 Å². The molecule has 0 saturated carbocycles. The highest BCUT2D eigenvalue weighted by Gasteiger charge is 2.25. The van der Waals surface area contributed by atoms with Gasteiger partial charge in [-0.1, -0.05) is 146 Å². The Balaban J connectivity index is 1.42. The summed E-state index contributed by atoms with van der Waals surface area (Å²) in [5.74, 6) is 1.84. The smallest absolute Gasteiger partial charge is 0.238 e. The van der Waals surface area contributed by atoms with Crippen LogP contribution in [0.15, 0.2) is 176 Å². The van der Waals surface area contributed by atoms with E-state index in [0.717, 1.165) is 60.6 Å². The molecule has 0 bridgehead atoms. The van der Waals surface area contributed by atoms with Crippen LogP contribution >= 0.6 is 0 Å². The van der Waals surface area contributed by atoms with Gasteiger partial charge >= 0.3 is 0 Å². The molecule has 5 heteroatoms. The van der Waals surface area contributed by atoms with Crippen LogP contribution in [0.5, 0.6) is 0 Å². The molecule has 50 heavy (non-hydrogen) atoms. The van der Waals surface area contributed by atoms with Crippen molar-refractivity contribution in [3.8, 4) is 45.5 Å². The minimum absolute atomic E-state index is 0.578. The van der Waals surface area contributed by atoms with Crippen molar-refractivity contribution in [2.24, 2.45) is 0 Å². The molecule has 10 rings (SSSR count). The lowest BCUT2D eigenvalue weighted by molar-refractivity contribution is 0.955. The molecule has 0 unspecified atom stereocenters. The number of benzene rings is 7. The largest absolute Gasteiger partial charge is 0.309 e. The van der Waals surface area contributed by atoms with Gasteiger partial charge in [0.2, 0.25) is 5.95 Å². The van der Waals surface area contributed by atoms with Gasteiger partial charge in [0.1, 0.15) is 0 Å². The molecule has 0 aliphatic heterocycles. The topological polar surface area (TPSA) is 48.5 Å². The number of para-hydroxylation sites is 3. The van der Waals surface area contributed by atoms with Crippen molar-refractivity contribution in [2.45, 2.75) is 0 Å². The SMILES string of the molecule is c1ccc(-c2nc(-c3ccccc3)nc(-n3c4ccccc4c4cc(-c5ccccc5)c5c(c6ccccc6n5-c5ccccc5)c43)n2)cc1. The van der Waals surface area contributed by atoms with E-state index in [1.165, 1.54) is 10.9 Å². The highest BCUT2D eigenvalue weighted by molar-refractivity contribution is 6.29. The fourth-order valence-corrected chi connectivity index (χ4v) is 7.39. The van der Waals surface area contributed by atoms with Gasteiger partial charge in [0.25, 0.3) is 0 Å². The van der Waals surface area contributed by atoms with Gasteiger partial charge in [-0.2, -0.15) is 9.97 Å². The molecule has 0 radical (unpaired) electrons. The molecule has 234 valence electrons. The summed E-state index contributed by atoms with van der Waals surface area (Å²) < 4.78 is 4.66. The van der Waals surface area contributed by atoms with E-state index < -0.39 is 0 Å². The summed E-state index contributed by atoms with van der Waals surface area (Å²) in [5.41, 5.74) is 9.69. The monoisotopic (exact) mass is 639 g/mol. The quantitative estimate of drug-likeness (QED) is 0.188. The predicted molar refractivity (Wildman–Crippen MR) is 205 cm³/mol. The van der Waals surface area contributed by atoms with E-state index in [1.54, 1.807) is 0 Å². The Bertz CT molecular complexity index is 2780. The summed E-state index contributed by atoms with van der Waals surface area (Å²) in [6.45, 7) is 0. The number of nitrogens with zero attached hydrogens (tertiary/aromatic N) is 5. The fourth-order valence-electron chi connectivity index (χ4n) is 7.39. The van der Waals surface area contributed by atoms with Crippen molar-refractivity contribution in [1.29, 1.82) is 0 Å². The summed E-state index contributed by atoms with van der Waals surface area (Å²) in [6, 6.07) is 61.4. The second kappa shape index (κ2) is 11.4. The van der Waals surface area contributed by atoms with Gasteiger partial charge in [0.05, 0.1) is 22.1 Å². The Labute approximate surface area is 288 Å². The molecule has 0 aliphatic carbocycles. The number of aromatic nitrogens is 5. The Morgan fingerprint density at radius 1 is 0.360 bits per heavy atom. The summed E-state index contributed by atoms with van der Waals surface area (Å²) in [4.78, 5) is 15.5. The highest BCUT2D eigenvalue weighted by atomic mass is 15.2. The lowest BCUT2D eigenvalue weighted by atomic mass is 9.98. The van der Waals surface area contributed by atoms with Crippen molar-refractivity contribution >= 4 is 43.6 Å². The molecule has 3 heterocycles. The van der Waals surface area contributed by atoms with Crippen LogP contribution < -0.4 is 0 Å². The van der Waals surface area contributed by atoms with Crippen LogP contribution in [0.25, 0.3) is 89.2 Å². The van der Waals surface area contributed by atoms with E-state index >= 15 is 0 Å². The Morgan fingerprint density at radius 3 is 1.44 bits per heavy atom. The number of rotatable bonds is 5. The molecule has 0 aliphatic rings. The fraction of sp³-hybridized carbons (Fsp3) is 0. The van der Waals surface area contributed by atoms with Crippen molar-refractivity contribution in [1.82, 2.24) is 24.1 Å². The summed E-state index contributed by atoms with van der Waals surface area (Å²) in [7, 11) is 0. The van der Waals surface area contributed by atoms with Gasteiger partial charge in [-0.05, 0) is 35.9 Å². The van der Waals surface area contributed by atoms with Crippen molar-refractivity contribution in [3.05, 3.63) is 176 Å². The molecule has 10 aromatic rings. The number of hydrogen-bond donors (Lipinski definition) is 0. The van der Waals surface area contributed by atoms with Gasteiger partial charge in [-0.15, -0.1) is 0 Å². The third kappa shape index (κ3) is 4.37. The predicted octanol–water partition coefficient (Wildman–Crippen LogP) is 11.1.